The Bertz CT molecular complexity index is 265. The van der Waals surface area contributed by atoms with Crippen molar-refractivity contribution in [3.05, 3.63) is 0 Å². The highest BCUT2D eigenvalue weighted by atomic mass is 16.2. The van der Waals surface area contributed by atoms with Gasteiger partial charge in [0.1, 0.15) is 0 Å². The zero-order valence-corrected chi connectivity index (χ0v) is 14.1. The SMILES string of the molecule is CCCCC(CC)CNC(=O)NCCCN1CCCCC1. The molecule has 1 heterocycles. The summed E-state index contributed by atoms with van der Waals surface area (Å²) >= 11 is 0. The first kappa shape index (κ1) is 18.3. The molecule has 4 nitrogen and oxygen atoms in total. The quantitative estimate of drug-likeness (QED) is 0.607. The van der Waals surface area contributed by atoms with Crippen LogP contribution in [0.15, 0.2) is 0 Å². The molecule has 1 saturated heterocycles. The predicted molar refractivity (Wildman–Crippen MR) is 89.6 cm³/mol. The first-order valence-electron chi connectivity index (χ1n) is 9.00. The third-order valence-electron chi connectivity index (χ3n) is 4.48. The number of piperidine rings is 1. The molecule has 124 valence electrons. The number of hydrogen-bond acceptors (Lipinski definition) is 2. The van der Waals surface area contributed by atoms with E-state index >= 15 is 0 Å². The predicted octanol–water partition coefficient (Wildman–Crippen LogP) is 3.38. The summed E-state index contributed by atoms with van der Waals surface area (Å²) in [6, 6.07) is 0.00333. The zero-order valence-electron chi connectivity index (χ0n) is 14.1. The minimum atomic E-state index is 0.00333. The van der Waals surface area contributed by atoms with Gasteiger partial charge in [-0.05, 0) is 51.2 Å². The van der Waals surface area contributed by atoms with E-state index in [1.807, 2.05) is 0 Å². The Morgan fingerprint density at radius 3 is 2.52 bits per heavy atom. The van der Waals surface area contributed by atoms with Crippen LogP contribution >= 0.6 is 0 Å². The van der Waals surface area contributed by atoms with Crippen LogP contribution in [0.1, 0.15) is 65.2 Å². The summed E-state index contributed by atoms with van der Waals surface area (Å²) in [7, 11) is 0. The van der Waals surface area contributed by atoms with Crippen molar-refractivity contribution in [2.24, 2.45) is 5.92 Å². The van der Waals surface area contributed by atoms with Crippen molar-refractivity contribution in [2.75, 3.05) is 32.7 Å². The third kappa shape index (κ3) is 8.97. The number of carbonyl (C=O) groups excluding carboxylic acids is 1. The van der Waals surface area contributed by atoms with Gasteiger partial charge in [0.25, 0.3) is 0 Å². The number of rotatable bonds is 10. The van der Waals surface area contributed by atoms with E-state index in [4.69, 9.17) is 0 Å². The topological polar surface area (TPSA) is 44.4 Å². The molecule has 1 unspecified atom stereocenters. The number of nitrogens with one attached hydrogen (secondary N) is 2. The average molecular weight is 297 g/mol. The Hall–Kier alpha value is -0.770. The molecule has 0 aromatic rings. The second kappa shape index (κ2) is 11.8. The number of amides is 2. The molecule has 1 aliphatic heterocycles. The molecule has 4 heteroatoms. The van der Waals surface area contributed by atoms with Crippen molar-refractivity contribution in [3.8, 4) is 0 Å². The monoisotopic (exact) mass is 297 g/mol. The van der Waals surface area contributed by atoms with Gasteiger partial charge >= 0.3 is 6.03 Å². The summed E-state index contributed by atoms with van der Waals surface area (Å²) < 4.78 is 0. The lowest BCUT2D eigenvalue weighted by atomic mass is 9.99. The number of urea groups is 1. The number of nitrogens with zero attached hydrogens (tertiary/aromatic N) is 1. The number of carbonyl (C=O) groups is 1. The molecule has 0 aliphatic carbocycles. The molecule has 1 atom stereocenters. The molecule has 2 amide bonds. The second-order valence-electron chi connectivity index (χ2n) is 6.31. The Kier molecular flexibility index (Phi) is 10.3. The van der Waals surface area contributed by atoms with Crippen LogP contribution in [0, 0.1) is 5.92 Å². The Morgan fingerprint density at radius 1 is 1.10 bits per heavy atom. The van der Waals surface area contributed by atoms with E-state index in [0.29, 0.717) is 5.92 Å². The van der Waals surface area contributed by atoms with Gasteiger partial charge in [-0.1, -0.05) is 39.5 Å². The Balaban J connectivity index is 1.99. The van der Waals surface area contributed by atoms with E-state index in [1.165, 1.54) is 51.6 Å². The highest BCUT2D eigenvalue weighted by molar-refractivity contribution is 5.73. The largest absolute Gasteiger partial charge is 0.338 e. The van der Waals surface area contributed by atoms with Gasteiger partial charge in [0, 0.05) is 13.1 Å². The molecule has 0 radical (unpaired) electrons. The normalized spacial score (nSPS) is 17.4. The molecule has 1 fully saturated rings. The van der Waals surface area contributed by atoms with Crippen LogP contribution < -0.4 is 10.6 Å². The van der Waals surface area contributed by atoms with Gasteiger partial charge < -0.3 is 15.5 Å². The van der Waals surface area contributed by atoms with E-state index < -0.39 is 0 Å². The highest BCUT2D eigenvalue weighted by Crippen LogP contribution is 2.11. The van der Waals surface area contributed by atoms with Crippen LogP contribution in [0.25, 0.3) is 0 Å². The number of hydrogen-bond donors (Lipinski definition) is 2. The summed E-state index contributed by atoms with van der Waals surface area (Å²) in [6.45, 7) is 9.62. The highest BCUT2D eigenvalue weighted by Gasteiger charge is 2.10. The Morgan fingerprint density at radius 2 is 1.86 bits per heavy atom. The van der Waals surface area contributed by atoms with Gasteiger partial charge in [0.05, 0.1) is 0 Å². The van der Waals surface area contributed by atoms with Gasteiger partial charge in [0.15, 0.2) is 0 Å². The lowest BCUT2D eigenvalue weighted by Crippen LogP contribution is -2.39. The van der Waals surface area contributed by atoms with Crippen LogP contribution in [0.5, 0.6) is 0 Å². The first-order chi connectivity index (χ1) is 10.3. The van der Waals surface area contributed by atoms with Crippen LogP contribution in [-0.4, -0.2) is 43.7 Å². The molecule has 0 aromatic carbocycles. The Labute approximate surface area is 131 Å². The van der Waals surface area contributed by atoms with Gasteiger partial charge in [-0.3, -0.25) is 0 Å². The number of likely N-dealkylation sites (tertiary alicyclic amines) is 1. The van der Waals surface area contributed by atoms with Crippen molar-refractivity contribution in [1.29, 1.82) is 0 Å². The van der Waals surface area contributed by atoms with Crippen molar-refractivity contribution < 1.29 is 4.79 Å². The molecule has 1 aliphatic rings. The fraction of sp³-hybridized carbons (Fsp3) is 0.941. The van der Waals surface area contributed by atoms with E-state index in [-0.39, 0.29) is 6.03 Å². The zero-order chi connectivity index (χ0) is 15.3. The molecule has 0 aromatic heterocycles. The molecule has 1 rings (SSSR count). The van der Waals surface area contributed by atoms with E-state index in [2.05, 4.69) is 29.4 Å². The van der Waals surface area contributed by atoms with Crippen LogP contribution in [0.4, 0.5) is 4.79 Å². The maximum Gasteiger partial charge on any atom is 0.314 e. The summed E-state index contributed by atoms with van der Waals surface area (Å²) in [6.07, 6.45) is 9.98. The molecule has 21 heavy (non-hydrogen) atoms. The smallest absolute Gasteiger partial charge is 0.314 e. The van der Waals surface area contributed by atoms with Crippen molar-refractivity contribution >= 4 is 6.03 Å². The minimum absolute atomic E-state index is 0.00333. The fourth-order valence-corrected chi connectivity index (χ4v) is 2.93. The van der Waals surface area contributed by atoms with Crippen molar-refractivity contribution in [3.63, 3.8) is 0 Å². The van der Waals surface area contributed by atoms with E-state index in [9.17, 15) is 4.79 Å². The summed E-state index contributed by atoms with van der Waals surface area (Å²) in [5.41, 5.74) is 0. The summed E-state index contributed by atoms with van der Waals surface area (Å²) in [4.78, 5) is 14.3. The average Bonchev–Trinajstić information content (AvgIpc) is 2.53. The molecule has 2 N–H and O–H groups in total. The lowest BCUT2D eigenvalue weighted by molar-refractivity contribution is 0.221. The molecule has 0 spiro atoms. The molecular weight excluding hydrogens is 262 g/mol. The fourth-order valence-electron chi connectivity index (χ4n) is 2.93. The molecular formula is C17H35N3O. The minimum Gasteiger partial charge on any atom is -0.338 e. The van der Waals surface area contributed by atoms with Crippen LogP contribution in [-0.2, 0) is 0 Å². The van der Waals surface area contributed by atoms with Crippen LogP contribution in [0.2, 0.25) is 0 Å². The number of unbranched alkanes of at least 4 members (excludes halogenated alkanes) is 1. The van der Waals surface area contributed by atoms with E-state index in [1.54, 1.807) is 0 Å². The molecule has 0 bridgehead atoms. The van der Waals surface area contributed by atoms with Gasteiger partial charge in [-0.15, -0.1) is 0 Å². The van der Waals surface area contributed by atoms with Crippen LogP contribution in [0.3, 0.4) is 0 Å². The maximum atomic E-state index is 11.8. The van der Waals surface area contributed by atoms with Gasteiger partial charge in [0.2, 0.25) is 0 Å². The molecule has 0 saturated carbocycles. The van der Waals surface area contributed by atoms with Gasteiger partial charge in [-0.2, -0.15) is 0 Å². The summed E-state index contributed by atoms with van der Waals surface area (Å²) in [5, 5.41) is 6.00. The first-order valence-corrected chi connectivity index (χ1v) is 9.00. The summed E-state index contributed by atoms with van der Waals surface area (Å²) in [5.74, 6) is 0.629. The van der Waals surface area contributed by atoms with Crippen molar-refractivity contribution in [1.82, 2.24) is 15.5 Å². The standard InChI is InChI=1S/C17H35N3O/c1-3-5-10-16(4-2)15-19-17(21)18-11-9-14-20-12-7-6-8-13-20/h16H,3-15H2,1-2H3,(H2,18,19,21). The van der Waals surface area contributed by atoms with Gasteiger partial charge in [-0.25, -0.2) is 4.79 Å². The van der Waals surface area contributed by atoms with E-state index in [0.717, 1.165) is 32.5 Å². The lowest BCUT2D eigenvalue weighted by Gasteiger charge is -2.26. The van der Waals surface area contributed by atoms with Crippen molar-refractivity contribution in [2.45, 2.75) is 65.2 Å². The second-order valence-corrected chi connectivity index (χ2v) is 6.31. The third-order valence-corrected chi connectivity index (χ3v) is 4.48. The maximum absolute atomic E-state index is 11.8.